The first kappa shape index (κ1) is 16.4. The van der Waals surface area contributed by atoms with Gasteiger partial charge >= 0.3 is 0 Å². The van der Waals surface area contributed by atoms with E-state index in [9.17, 15) is 18.4 Å². The molecule has 2 aromatic carbocycles. The van der Waals surface area contributed by atoms with Gasteiger partial charge in [0.05, 0.1) is 16.8 Å². The van der Waals surface area contributed by atoms with Gasteiger partial charge in [0.2, 0.25) is 0 Å². The summed E-state index contributed by atoms with van der Waals surface area (Å²) in [5.74, 6) is -1.90. The topological polar surface area (TPSA) is 46.2 Å². The summed E-state index contributed by atoms with van der Waals surface area (Å²) in [5.41, 5.74) is 2.17. The van der Waals surface area contributed by atoms with E-state index in [1.54, 1.807) is 6.07 Å². The first-order valence-electron chi connectivity index (χ1n) is 8.02. The molecule has 1 fully saturated rings. The fraction of sp³-hybridized carbons (Fsp3) is 0.263. The summed E-state index contributed by atoms with van der Waals surface area (Å²) in [6.07, 6.45) is 4.49. The number of hydrogen-bond donors (Lipinski definition) is 1. The number of amides is 1. The van der Waals surface area contributed by atoms with E-state index in [2.05, 4.69) is 21.2 Å². The molecule has 0 bridgehead atoms. The minimum absolute atomic E-state index is 0.00503. The van der Waals surface area contributed by atoms with Crippen molar-refractivity contribution in [1.82, 2.24) is 0 Å². The molecule has 1 saturated carbocycles. The highest BCUT2D eigenvalue weighted by Crippen LogP contribution is 2.56. The van der Waals surface area contributed by atoms with E-state index in [0.29, 0.717) is 6.29 Å². The average molecular weight is 406 g/mol. The van der Waals surface area contributed by atoms with Crippen LogP contribution in [0.4, 0.5) is 14.5 Å². The number of nitrogens with one attached hydrogen (secondary N) is 1. The predicted octanol–water partition coefficient (Wildman–Crippen LogP) is 4.77. The molecule has 0 heterocycles. The first-order valence-corrected chi connectivity index (χ1v) is 8.81. The van der Waals surface area contributed by atoms with Crippen molar-refractivity contribution in [3.63, 3.8) is 0 Å². The highest BCUT2D eigenvalue weighted by molar-refractivity contribution is 9.10. The van der Waals surface area contributed by atoms with Crippen LogP contribution in [0.15, 0.2) is 28.7 Å². The van der Waals surface area contributed by atoms with Crippen LogP contribution in [0.1, 0.15) is 51.1 Å². The Balaban J connectivity index is 1.68. The molecule has 1 spiro atoms. The average Bonchev–Trinajstić information content (AvgIpc) is 3.25. The van der Waals surface area contributed by atoms with E-state index >= 15 is 0 Å². The molecule has 1 amide bonds. The molecule has 3 nitrogen and oxygen atoms in total. The number of halogens is 3. The third-order valence-electron chi connectivity index (χ3n) is 5.20. The molecule has 1 N–H and O–H groups in total. The summed E-state index contributed by atoms with van der Waals surface area (Å²) in [4.78, 5) is 23.7. The maximum atomic E-state index is 14.5. The Hall–Kier alpha value is -2.08. The number of aryl methyl sites for hydroxylation is 1. The van der Waals surface area contributed by atoms with Gasteiger partial charge in [-0.25, -0.2) is 8.78 Å². The molecular weight excluding hydrogens is 392 g/mol. The van der Waals surface area contributed by atoms with Crippen molar-refractivity contribution in [3.8, 4) is 0 Å². The van der Waals surface area contributed by atoms with Crippen molar-refractivity contribution in [3.05, 3.63) is 62.6 Å². The molecule has 2 aliphatic carbocycles. The van der Waals surface area contributed by atoms with Crippen LogP contribution in [-0.4, -0.2) is 12.2 Å². The Morgan fingerprint density at radius 3 is 2.60 bits per heavy atom. The third-order valence-corrected chi connectivity index (χ3v) is 5.85. The summed E-state index contributed by atoms with van der Waals surface area (Å²) >= 11 is 3.08. The summed E-state index contributed by atoms with van der Waals surface area (Å²) in [6.45, 7) is 0. The van der Waals surface area contributed by atoms with E-state index in [-0.39, 0.29) is 26.7 Å². The van der Waals surface area contributed by atoms with Crippen molar-refractivity contribution in [1.29, 1.82) is 0 Å². The molecule has 4 rings (SSSR count). The zero-order valence-electron chi connectivity index (χ0n) is 13.2. The fourth-order valence-corrected chi connectivity index (χ4v) is 4.19. The summed E-state index contributed by atoms with van der Waals surface area (Å²) < 4.78 is 28.3. The minimum atomic E-state index is -0.697. The molecule has 2 aromatic rings. The second-order valence-corrected chi connectivity index (χ2v) is 7.54. The Morgan fingerprint density at radius 1 is 1.16 bits per heavy atom. The van der Waals surface area contributed by atoms with Gasteiger partial charge < -0.3 is 5.32 Å². The van der Waals surface area contributed by atoms with Crippen LogP contribution in [0.25, 0.3) is 0 Å². The predicted molar refractivity (Wildman–Crippen MR) is 93.1 cm³/mol. The maximum Gasteiger partial charge on any atom is 0.258 e. The number of carbonyl (C=O) groups excluding carboxylic acids is 2. The molecule has 25 heavy (non-hydrogen) atoms. The van der Waals surface area contributed by atoms with Gasteiger partial charge in [0, 0.05) is 4.47 Å². The van der Waals surface area contributed by atoms with Gasteiger partial charge in [0.1, 0.15) is 11.6 Å². The number of fused-ring (bicyclic) bond motifs is 2. The maximum absolute atomic E-state index is 14.5. The Labute approximate surface area is 151 Å². The Bertz CT molecular complexity index is 922. The van der Waals surface area contributed by atoms with Crippen LogP contribution in [0.3, 0.4) is 0 Å². The second-order valence-electron chi connectivity index (χ2n) is 6.69. The van der Waals surface area contributed by atoms with E-state index in [0.717, 1.165) is 48.9 Å². The monoisotopic (exact) mass is 405 g/mol. The number of hydrogen-bond acceptors (Lipinski definition) is 2. The molecule has 0 aromatic heterocycles. The fourth-order valence-electron chi connectivity index (χ4n) is 3.67. The van der Waals surface area contributed by atoms with Crippen LogP contribution in [0.5, 0.6) is 0 Å². The number of aldehydes is 1. The van der Waals surface area contributed by atoms with Crippen molar-refractivity contribution < 1.29 is 18.4 Å². The quantitative estimate of drug-likeness (QED) is 0.747. The van der Waals surface area contributed by atoms with Gasteiger partial charge in [-0.1, -0.05) is 0 Å². The van der Waals surface area contributed by atoms with Crippen molar-refractivity contribution in [2.24, 2.45) is 0 Å². The van der Waals surface area contributed by atoms with Gasteiger partial charge in [-0.3, -0.25) is 9.59 Å². The van der Waals surface area contributed by atoms with Crippen LogP contribution < -0.4 is 5.32 Å². The number of benzene rings is 2. The van der Waals surface area contributed by atoms with Crippen molar-refractivity contribution in [2.75, 3.05) is 5.32 Å². The highest BCUT2D eigenvalue weighted by atomic mass is 79.9. The molecule has 128 valence electrons. The van der Waals surface area contributed by atoms with E-state index in [4.69, 9.17) is 0 Å². The third kappa shape index (κ3) is 2.68. The summed E-state index contributed by atoms with van der Waals surface area (Å²) in [6, 6.07) is 5.22. The normalized spacial score (nSPS) is 16.6. The molecule has 0 atom stereocenters. The lowest BCUT2D eigenvalue weighted by Crippen LogP contribution is -2.16. The van der Waals surface area contributed by atoms with Crippen molar-refractivity contribution in [2.45, 2.75) is 31.1 Å². The molecular formula is C19H14BrF2NO2. The lowest BCUT2D eigenvalue weighted by atomic mass is 9.96. The minimum Gasteiger partial charge on any atom is -0.321 e. The molecule has 0 unspecified atom stereocenters. The summed E-state index contributed by atoms with van der Waals surface area (Å²) in [5, 5.41) is 2.45. The van der Waals surface area contributed by atoms with Gasteiger partial charge in [0.15, 0.2) is 6.29 Å². The van der Waals surface area contributed by atoms with E-state index in [1.807, 2.05) is 0 Å². The van der Waals surface area contributed by atoms with Crippen LogP contribution in [0.2, 0.25) is 0 Å². The first-order chi connectivity index (χ1) is 11.9. The largest absolute Gasteiger partial charge is 0.321 e. The Kier molecular flexibility index (Phi) is 3.76. The van der Waals surface area contributed by atoms with Gasteiger partial charge in [-0.15, -0.1) is 0 Å². The lowest BCUT2D eigenvalue weighted by Gasteiger charge is -2.13. The SMILES string of the molecule is O=Cc1c(Br)cc(F)cc1NC(=O)c1cc2c(cc1F)C1(CC2)CC1. The second kappa shape index (κ2) is 5.73. The zero-order valence-corrected chi connectivity index (χ0v) is 14.8. The highest BCUT2D eigenvalue weighted by Gasteiger charge is 2.48. The molecule has 2 aliphatic rings. The van der Waals surface area contributed by atoms with Crippen molar-refractivity contribution >= 4 is 33.8 Å². The molecule has 0 aliphatic heterocycles. The standard InChI is InChI=1S/C19H14BrF2NO2/c20-15-6-11(21)7-17(13(15)9-24)23-18(25)12-5-10-1-2-19(3-4-19)14(10)8-16(12)22/h5-9H,1-4H2,(H,23,25). The Morgan fingerprint density at radius 2 is 1.92 bits per heavy atom. The van der Waals surface area contributed by atoms with Gasteiger partial charge in [-0.2, -0.15) is 0 Å². The van der Waals surface area contributed by atoms with Crippen LogP contribution in [0, 0.1) is 11.6 Å². The van der Waals surface area contributed by atoms with E-state index < -0.39 is 17.5 Å². The van der Waals surface area contributed by atoms with Gasteiger partial charge in [-0.05, 0) is 82.4 Å². The van der Waals surface area contributed by atoms with Crippen LogP contribution >= 0.6 is 15.9 Å². The zero-order chi connectivity index (χ0) is 17.8. The number of anilines is 1. The number of rotatable bonds is 3. The van der Waals surface area contributed by atoms with Gasteiger partial charge in [0.25, 0.3) is 5.91 Å². The van der Waals surface area contributed by atoms with Crippen LogP contribution in [-0.2, 0) is 11.8 Å². The molecule has 0 radical (unpaired) electrons. The molecule has 0 saturated heterocycles. The molecule has 6 heteroatoms. The summed E-state index contributed by atoms with van der Waals surface area (Å²) in [7, 11) is 0. The smallest absolute Gasteiger partial charge is 0.258 e. The number of carbonyl (C=O) groups is 2. The van der Waals surface area contributed by atoms with E-state index in [1.165, 1.54) is 6.07 Å². The lowest BCUT2D eigenvalue weighted by molar-refractivity contribution is 0.102.